The molecule has 1 fully saturated rings. The first kappa shape index (κ1) is 11.8. The van der Waals surface area contributed by atoms with Crippen LogP contribution in [-0.2, 0) is 4.74 Å². The average Bonchev–Trinajstić information content (AvgIpc) is 2.33. The van der Waals surface area contributed by atoms with E-state index in [2.05, 4.69) is 10.3 Å². The Labute approximate surface area is 98.2 Å². The van der Waals surface area contributed by atoms with E-state index in [4.69, 9.17) is 10.5 Å². The lowest BCUT2D eigenvalue weighted by molar-refractivity contribution is 0.0624. The zero-order valence-corrected chi connectivity index (χ0v) is 9.28. The summed E-state index contributed by atoms with van der Waals surface area (Å²) >= 11 is 0. The molecule has 0 spiro atoms. The molecule has 0 saturated carbocycles. The van der Waals surface area contributed by atoms with E-state index < -0.39 is 11.7 Å². The molecule has 1 atom stereocenters. The molecular weight excluding hydrogens is 225 g/mol. The van der Waals surface area contributed by atoms with E-state index in [1.54, 1.807) is 0 Å². The minimum Gasteiger partial charge on any atom is -0.383 e. The maximum atomic E-state index is 13.0. The summed E-state index contributed by atoms with van der Waals surface area (Å²) in [5, 5.41) is 2.75. The van der Waals surface area contributed by atoms with Gasteiger partial charge in [-0.3, -0.25) is 4.79 Å². The Hall–Kier alpha value is -1.69. The van der Waals surface area contributed by atoms with Crippen molar-refractivity contribution >= 4 is 11.7 Å². The minimum absolute atomic E-state index is 0.0284. The van der Waals surface area contributed by atoms with Gasteiger partial charge in [-0.1, -0.05) is 0 Å². The molecule has 0 radical (unpaired) electrons. The van der Waals surface area contributed by atoms with Gasteiger partial charge in [0.15, 0.2) is 0 Å². The van der Waals surface area contributed by atoms with Gasteiger partial charge in [-0.2, -0.15) is 0 Å². The number of nitrogens with one attached hydrogen (secondary N) is 1. The van der Waals surface area contributed by atoms with Crippen LogP contribution in [0.4, 0.5) is 10.2 Å². The van der Waals surface area contributed by atoms with E-state index in [9.17, 15) is 9.18 Å². The second-order valence-electron chi connectivity index (χ2n) is 3.97. The molecule has 2 rings (SSSR count). The number of amides is 1. The largest absolute Gasteiger partial charge is 0.383 e. The van der Waals surface area contributed by atoms with Crippen LogP contribution in [0.3, 0.4) is 0 Å². The van der Waals surface area contributed by atoms with E-state index in [0.29, 0.717) is 6.61 Å². The van der Waals surface area contributed by atoms with Gasteiger partial charge in [-0.05, 0) is 18.9 Å². The van der Waals surface area contributed by atoms with E-state index in [1.165, 1.54) is 0 Å². The Balaban J connectivity index is 2.05. The molecule has 1 aliphatic rings. The molecule has 0 bridgehead atoms. The Bertz CT molecular complexity index is 419. The predicted octanol–water partition coefficient (Wildman–Crippen LogP) is 0.712. The SMILES string of the molecule is Nc1ncc(F)cc1C(=O)NC1CCCOC1. The first-order chi connectivity index (χ1) is 8.16. The highest BCUT2D eigenvalue weighted by molar-refractivity contribution is 5.98. The Morgan fingerprint density at radius 3 is 3.18 bits per heavy atom. The van der Waals surface area contributed by atoms with Crippen LogP contribution in [0.15, 0.2) is 12.3 Å². The lowest BCUT2D eigenvalue weighted by atomic mass is 10.1. The molecule has 0 aliphatic carbocycles. The molecular formula is C11H14FN3O2. The van der Waals surface area contributed by atoms with E-state index in [-0.39, 0.29) is 17.4 Å². The molecule has 3 N–H and O–H groups in total. The summed E-state index contributed by atoms with van der Waals surface area (Å²) < 4.78 is 18.2. The summed E-state index contributed by atoms with van der Waals surface area (Å²) in [7, 11) is 0. The monoisotopic (exact) mass is 239 g/mol. The molecule has 6 heteroatoms. The first-order valence-electron chi connectivity index (χ1n) is 5.46. The van der Waals surface area contributed by atoms with Crippen LogP contribution in [0.1, 0.15) is 23.2 Å². The van der Waals surface area contributed by atoms with Crippen LogP contribution in [0.25, 0.3) is 0 Å². The highest BCUT2D eigenvalue weighted by Crippen LogP contribution is 2.12. The van der Waals surface area contributed by atoms with Crippen molar-refractivity contribution in [1.29, 1.82) is 0 Å². The second-order valence-corrected chi connectivity index (χ2v) is 3.97. The fourth-order valence-electron chi connectivity index (χ4n) is 1.75. The minimum atomic E-state index is -0.579. The summed E-state index contributed by atoms with van der Waals surface area (Å²) in [6.45, 7) is 1.20. The van der Waals surface area contributed by atoms with Gasteiger partial charge < -0.3 is 15.8 Å². The number of nitrogen functional groups attached to an aromatic ring is 1. The molecule has 2 heterocycles. The third kappa shape index (κ3) is 2.91. The smallest absolute Gasteiger partial charge is 0.255 e. The Kier molecular flexibility index (Phi) is 3.53. The summed E-state index contributed by atoms with van der Waals surface area (Å²) in [5.74, 6) is -0.963. The number of pyridine rings is 1. The fraction of sp³-hybridized carbons (Fsp3) is 0.455. The van der Waals surface area contributed by atoms with Gasteiger partial charge in [-0.15, -0.1) is 0 Å². The summed E-state index contributed by atoms with van der Waals surface area (Å²) in [6.07, 6.45) is 2.74. The maximum absolute atomic E-state index is 13.0. The molecule has 1 aromatic heterocycles. The van der Waals surface area contributed by atoms with Crippen LogP contribution in [0, 0.1) is 5.82 Å². The van der Waals surface area contributed by atoms with Crippen molar-refractivity contribution in [3.8, 4) is 0 Å². The number of nitrogens with zero attached hydrogens (tertiary/aromatic N) is 1. The molecule has 5 nitrogen and oxygen atoms in total. The lowest BCUT2D eigenvalue weighted by Gasteiger charge is -2.23. The van der Waals surface area contributed by atoms with Crippen molar-refractivity contribution < 1.29 is 13.9 Å². The van der Waals surface area contributed by atoms with Gasteiger partial charge >= 0.3 is 0 Å². The molecule has 1 aliphatic heterocycles. The van der Waals surface area contributed by atoms with Crippen LogP contribution in [0.5, 0.6) is 0 Å². The van der Waals surface area contributed by atoms with Crippen LogP contribution in [0.2, 0.25) is 0 Å². The van der Waals surface area contributed by atoms with Crippen molar-refractivity contribution in [2.24, 2.45) is 0 Å². The molecule has 17 heavy (non-hydrogen) atoms. The second kappa shape index (κ2) is 5.09. The molecule has 1 aromatic rings. The summed E-state index contributed by atoms with van der Waals surface area (Å²) in [5.41, 5.74) is 5.59. The van der Waals surface area contributed by atoms with Crippen LogP contribution < -0.4 is 11.1 Å². The fourth-order valence-corrected chi connectivity index (χ4v) is 1.75. The van der Waals surface area contributed by atoms with E-state index >= 15 is 0 Å². The molecule has 1 unspecified atom stereocenters. The number of aromatic nitrogens is 1. The Morgan fingerprint density at radius 2 is 2.47 bits per heavy atom. The van der Waals surface area contributed by atoms with Crippen LogP contribution in [-0.4, -0.2) is 30.1 Å². The molecule has 1 saturated heterocycles. The van der Waals surface area contributed by atoms with Gasteiger partial charge in [0.25, 0.3) is 5.91 Å². The third-order valence-corrected chi connectivity index (χ3v) is 2.63. The number of halogens is 1. The number of anilines is 1. The molecule has 1 amide bonds. The predicted molar refractivity (Wildman–Crippen MR) is 59.9 cm³/mol. The van der Waals surface area contributed by atoms with Crippen LogP contribution >= 0.6 is 0 Å². The lowest BCUT2D eigenvalue weighted by Crippen LogP contribution is -2.40. The third-order valence-electron chi connectivity index (χ3n) is 2.63. The first-order valence-corrected chi connectivity index (χ1v) is 5.46. The molecule has 92 valence electrons. The number of rotatable bonds is 2. The van der Waals surface area contributed by atoms with E-state index in [1.807, 2.05) is 0 Å². The zero-order chi connectivity index (χ0) is 12.3. The van der Waals surface area contributed by atoms with Gasteiger partial charge in [0.2, 0.25) is 0 Å². The summed E-state index contributed by atoms with van der Waals surface area (Å²) in [4.78, 5) is 15.4. The maximum Gasteiger partial charge on any atom is 0.255 e. The normalized spacial score (nSPS) is 19.9. The van der Waals surface area contributed by atoms with Crippen molar-refractivity contribution in [1.82, 2.24) is 10.3 Å². The highest BCUT2D eigenvalue weighted by atomic mass is 19.1. The molecule has 0 aromatic carbocycles. The van der Waals surface area contributed by atoms with E-state index in [0.717, 1.165) is 31.7 Å². The van der Waals surface area contributed by atoms with Crippen molar-refractivity contribution in [2.45, 2.75) is 18.9 Å². The number of carbonyl (C=O) groups excluding carboxylic acids is 1. The number of ether oxygens (including phenoxy) is 1. The average molecular weight is 239 g/mol. The summed E-state index contributed by atoms with van der Waals surface area (Å²) in [6, 6.07) is 1.04. The number of carbonyl (C=O) groups is 1. The van der Waals surface area contributed by atoms with Crippen molar-refractivity contribution in [3.63, 3.8) is 0 Å². The Morgan fingerprint density at radius 1 is 1.65 bits per heavy atom. The topological polar surface area (TPSA) is 77.2 Å². The van der Waals surface area contributed by atoms with Gasteiger partial charge in [0, 0.05) is 6.61 Å². The quantitative estimate of drug-likeness (QED) is 0.796. The number of nitrogens with two attached hydrogens (primary N) is 1. The van der Waals surface area contributed by atoms with Gasteiger partial charge in [-0.25, -0.2) is 9.37 Å². The van der Waals surface area contributed by atoms with Crippen molar-refractivity contribution in [2.75, 3.05) is 18.9 Å². The highest BCUT2D eigenvalue weighted by Gasteiger charge is 2.19. The van der Waals surface area contributed by atoms with Gasteiger partial charge in [0.1, 0.15) is 11.6 Å². The van der Waals surface area contributed by atoms with Crippen molar-refractivity contribution in [3.05, 3.63) is 23.6 Å². The van der Waals surface area contributed by atoms with Gasteiger partial charge in [0.05, 0.1) is 24.4 Å². The zero-order valence-electron chi connectivity index (χ0n) is 9.28. The number of hydrogen-bond acceptors (Lipinski definition) is 4. The number of hydrogen-bond donors (Lipinski definition) is 2. The standard InChI is InChI=1S/C11H14FN3O2/c12-7-4-9(10(13)14-5-7)11(16)15-8-2-1-3-17-6-8/h4-5,8H,1-3,6H2,(H2,13,14)(H,15,16).